The first-order valence-corrected chi connectivity index (χ1v) is 12.2. The summed E-state index contributed by atoms with van der Waals surface area (Å²) in [5, 5.41) is 10.5. The van der Waals surface area contributed by atoms with Gasteiger partial charge in [-0.15, -0.1) is 5.10 Å². The van der Waals surface area contributed by atoms with Gasteiger partial charge in [0.25, 0.3) is 0 Å². The summed E-state index contributed by atoms with van der Waals surface area (Å²) < 4.78 is 29.5. The van der Waals surface area contributed by atoms with E-state index < -0.39 is 9.84 Å². The van der Waals surface area contributed by atoms with Crippen LogP contribution < -0.4 is 5.32 Å². The van der Waals surface area contributed by atoms with E-state index in [4.69, 9.17) is 4.42 Å². The van der Waals surface area contributed by atoms with Crippen molar-refractivity contribution >= 4 is 21.8 Å². The molecular weight excluding hydrogens is 438 g/mol. The highest BCUT2D eigenvalue weighted by atomic mass is 32.2. The quantitative estimate of drug-likeness (QED) is 0.408. The second kappa shape index (κ2) is 9.79. The van der Waals surface area contributed by atoms with Crippen LogP contribution in [0.3, 0.4) is 0 Å². The van der Waals surface area contributed by atoms with Gasteiger partial charge in [-0.3, -0.25) is 10.1 Å². The first-order valence-electron chi connectivity index (χ1n) is 10.5. The highest BCUT2D eigenvalue weighted by Crippen LogP contribution is 2.28. The summed E-state index contributed by atoms with van der Waals surface area (Å²) in [6.07, 6.45) is 0.204. The van der Waals surface area contributed by atoms with Gasteiger partial charge in [-0.25, -0.2) is 8.42 Å². The Bertz CT molecular complexity index is 1280. The minimum atomic E-state index is -3.29. The lowest BCUT2D eigenvalue weighted by Crippen LogP contribution is -2.16. The van der Waals surface area contributed by atoms with Gasteiger partial charge in [0.05, 0.1) is 10.6 Å². The van der Waals surface area contributed by atoms with Gasteiger partial charge in [0, 0.05) is 17.9 Å². The van der Waals surface area contributed by atoms with E-state index in [1.807, 2.05) is 60.7 Å². The third kappa shape index (κ3) is 5.35. The largest absolute Gasteiger partial charge is 0.403 e. The molecule has 4 rings (SSSR count). The minimum Gasteiger partial charge on any atom is -0.403 e. The van der Waals surface area contributed by atoms with Crippen LogP contribution in [0.15, 0.2) is 94.2 Å². The number of aromatic nitrogens is 2. The second-order valence-corrected chi connectivity index (χ2v) is 9.74. The fraction of sp³-hybridized carbons (Fsp3) is 0.160. The van der Waals surface area contributed by atoms with Crippen molar-refractivity contribution in [3.63, 3.8) is 0 Å². The van der Waals surface area contributed by atoms with Crippen LogP contribution in [0.2, 0.25) is 0 Å². The zero-order valence-corrected chi connectivity index (χ0v) is 18.8. The third-order valence-corrected chi connectivity index (χ3v) is 7.06. The molecule has 1 aromatic heterocycles. The molecule has 4 aromatic rings. The summed E-state index contributed by atoms with van der Waals surface area (Å²) in [7, 11) is -3.29. The molecule has 1 N–H and O–H groups in total. The van der Waals surface area contributed by atoms with Gasteiger partial charge in [0.1, 0.15) is 0 Å². The van der Waals surface area contributed by atoms with E-state index in [2.05, 4.69) is 15.5 Å². The number of anilines is 1. The normalized spacial score (nSPS) is 11.5. The lowest BCUT2D eigenvalue weighted by atomic mass is 9.88. The summed E-state index contributed by atoms with van der Waals surface area (Å²) >= 11 is 0. The van der Waals surface area contributed by atoms with Crippen molar-refractivity contribution in [1.82, 2.24) is 10.2 Å². The molecule has 3 aromatic carbocycles. The van der Waals surface area contributed by atoms with E-state index in [1.165, 1.54) is 12.1 Å². The second-order valence-electron chi connectivity index (χ2n) is 7.47. The van der Waals surface area contributed by atoms with Gasteiger partial charge < -0.3 is 4.42 Å². The van der Waals surface area contributed by atoms with Crippen LogP contribution in [0.5, 0.6) is 0 Å². The van der Waals surface area contributed by atoms with Crippen LogP contribution in [-0.2, 0) is 14.6 Å². The summed E-state index contributed by atoms with van der Waals surface area (Å²) in [4.78, 5) is 13.0. The Morgan fingerprint density at radius 1 is 0.879 bits per heavy atom. The number of amides is 1. The van der Waals surface area contributed by atoms with E-state index in [-0.39, 0.29) is 40.8 Å². The lowest BCUT2D eigenvalue weighted by molar-refractivity contribution is -0.116. The zero-order valence-electron chi connectivity index (χ0n) is 18.0. The van der Waals surface area contributed by atoms with Crippen LogP contribution >= 0.6 is 0 Å². The average Bonchev–Trinajstić information content (AvgIpc) is 3.32. The van der Waals surface area contributed by atoms with E-state index in [1.54, 1.807) is 19.1 Å². The molecule has 0 aliphatic carbocycles. The Morgan fingerprint density at radius 2 is 1.45 bits per heavy atom. The van der Waals surface area contributed by atoms with Gasteiger partial charge in [-0.05, 0) is 35.4 Å². The van der Waals surface area contributed by atoms with Gasteiger partial charge in [0.2, 0.25) is 11.8 Å². The maximum absolute atomic E-state index is 12.8. The maximum atomic E-state index is 12.8. The standard InChI is InChI=1S/C25H23N3O4S/c1-2-33(30,31)21-15-13-20(14-16-21)24-27-28-25(32-24)26-23(29)17-22(18-9-5-3-6-10-18)19-11-7-4-8-12-19/h3-16,22H,2,17H2,1H3,(H,26,28,29). The van der Waals surface area contributed by atoms with Crippen LogP contribution in [0, 0.1) is 0 Å². The number of sulfone groups is 1. The molecule has 1 heterocycles. The van der Waals surface area contributed by atoms with Gasteiger partial charge in [-0.1, -0.05) is 72.7 Å². The molecule has 8 heteroatoms. The Hall–Kier alpha value is -3.78. The fourth-order valence-corrected chi connectivity index (χ4v) is 4.40. The molecule has 33 heavy (non-hydrogen) atoms. The topological polar surface area (TPSA) is 102 Å². The zero-order chi connectivity index (χ0) is 23.3. The van der Waals surface area contributed by atoms with Gasteiger partial charge >= 0.3 is 6.01 Å². The van der Waals surface area contributed by atoms with Crippen LogP contribution in [0.1, 0.15) is 30.4 Å². The van der Waals surface area contributed by atoms with E-state index in [0.717, 1.165) is 11.1 Å². The molecular formula is C25H23N3O4S. The highest BCUT2D eigenvalue weighted by Gasteiger charge is 2.20. The molecule has 0 atom stereocenters. The van der Waals surface area contributed by atoms with Crippen molar-refractivity contribution in [2.24, 2.45) is 0 Å². The van der Waals surface area contributed by atoms with Crippen LogP contribution in [-0.4, -0.2) is 30.3 Å². The predicted molar refractivity (Wildman–Crippen MR) is 125 cm³/mol. The molecule has 0 saturated heterocycles. The summed E-state index contributed by atoms with van der Waals surface area (Å²) in [6.45, 7) is 1.59. The van der Waals surface area contributed by atoms with Crippen molar-refractivity contribution in [2.75, 3.05) is 11.1 Å². The molecule has 0 fully saturated rings. The Balaban J connectivity index is 1.48. The summed E-state index contributed by atoms with van der Waals surface area (Å²) in [6, 6.07) is 25.9. The van der Waals surface area contributed by atoms with Crippen molar-refractivity contribution < 1.29 is 17.6 Å². The minimum absolute atomic E-state index is 0.0138. The molecule has 0 bridgehead atoms. The van der Waals surface area contributed by atoms with Gasteiger partial charge in [-0.2, -0.15) is 0 Å². The highest BCUT2D eigenvalue weighted by molar-refractivity contribution is 7.91. The number of nitrogens with zero attached hydrogens (tertiary/aromatic N) is 2. The van der Waals surface area contributed by atoms with Crippen molar-refractivity contribution in [3.8, 4) is 11.5 Å². The van der Waals surface area contributed by atoms with Gasteiger partial charge in [0.15, 0.2) is 9.84 Å². The molecule has 168 valence electrons. The molecule has 0 aliphatic rings. The molecule has 0 unspecified atom stereocenters. The first kappa shape index (κ1) is 22.4. The van der Waals surface area contributed by atoms with Crippen LogP contribution in [0.25, 0.3) is 11.5 Å². The molecule has 7 nitrogen and oxygen atoms in total. The Kier molecular flexibility index (Phi) is 6.65. The first-order chi connectivity index (χ1) is 16.0. The van der Waals surface area contributed by atoms with Crippen molar-refractivity contribution in [1.29, 1.82) is 0 Å². The molecule has 0 saturated carbocycles. The Morgan fingerprint density at radius 3 is 2.00 bits per heavy atom. The fourth-order valence-electron chi connectivity index (χ4n) is 3.52. The third-order valence-electron chi connectivity index (χ3n) is 5.31. The predicted octanol–water partition coefficient (Wildman–Crippen LogP) is 4.69. The number of hydrogen-bond donors (Lipinski definition) is 1. The van der Waals surface area contributed by atoms with Crippen molar-refractivity contribution in [3.05, 3.63) is 96.1 Å². The molecule has 0 radical (unpaired) electrons. The number of carbonyl (C=O) groups excluding carboxylic acids is 1. The monoisotopic (exact) mass is 461 g/mol. The summed E-state index contributed by atoms with van der Waals surface area (Å²) in [5.41, 5.74) is 2.63. The average molecular weight is 462 g/mol. The number of carbonyl (C=O) groups is 1. The number of benzene rings is 3. The maximum Gasteiger partial charge on any atom is 0.322 e. The lowest BCUT2D eigenvalue weighted by Gasteiger charge is -2.17. The Labute approximate surface area is 192 Å². The molecule has 1 amide bonds. The molecule has 0 aliphatic heterocycles. The van der Waals surface area contributed by atoms with Crippen LogP contribution in [0.4, 0.5) is 6.01 Å². The van der Waals surface area contributed by atoms with E-state index in [9.17, 15) is 13.2 Å². The van der Waals surface area contributed by atoms with E-state index >= 15 is 0 Å². The molecule has 0 spiro atoms. The van der Waals surface area contributed by atoms with Crippen molar-refractivity contribution in [2.45, 2.75) is 24.2 Å². The van der Waals surface area contributed by atoms with E-state index in [0.29, 0.717) is 5.56 Å². The number of rotatable bonds is 8. The number of nitrogens with one attached hydrogen (secondary N) is 1. The number of hydrogen-bond acceptors (Lipinski definition) is 6. The summed E-state index contributed by atoms with van der Waals surface area (Å²) in [5.74, 6) is -0.167. The SMILES string of the molecule is CCS(=O)(=O)c1ccc(-c2nnc(NC(=O)CC(c3ccccc3)c3ccccc3)o2)cc1. The smallest absolute Gasteiger partial charge is 0.322 e.